The summed E-state index contributed by atoms with van der Waals surface area (Å²) in [4.78, 5) is 23.0. The van der Waals surface area contributed by atoms with Crippen LogP contribution in [0, 0.1) is 0 Å². The van der Waals surface area contributed by atoms with E-state index in [0.29, 0.717) is 5.75 Å². The molecule has 0 unspecified atom stereocenters. The van der Waals surface area contributed by atoms with Gasteiger partial charge in [-0.1, -0.05) is 18.2 Å². The lowest BCUT2D eigenvalue weighted by molar-refractivity contribution is -0.154. The summed E-state index contributed by atoms with van der Waals surface area (Å²) < 4.78 is 10.3. The first-order valence-corrected chi connectivity index (χ1v) is 6.33. The third-order valence-corrected chi connectivity index (χ3v) is 2.68. The molecule has 0 heterocycles. The highest BCUT2D eigenvalue weighted by molar-refractivity contribution is 5.82. The summed E-state index contributed by atoms with van der Waals surface area (Å²) in [6, 6.07) is 9.27. The third kappa shape index (κ3) is 4.62. The molecule has 0 radical (unpaired) electrons. The van der Waals surface area contributed by atoms with E-state index in [-0.39, 0.29) is 18.6 Å². The predicted octanol–water partition coefficient (Wildman–Crippen LogP) is 1.28. The van der Waals surface area contributed by atoms with Gasteiger partial charge in [-0.15, -0.1) is 0 Å². The monoisotopic (exact) mass is 263 g/mol. The molecule has 1 aliphatic carbocycles. The van der Waals surface area contributed by atoms with Crippen molar-refractivity contribution in [3.05, 3.63) is 30.3 Å². The molecule has 0 aromatic heterocycles. The SMILES string of the molecule is C[C@H](Oc1ccccc1)C(=O)OCC(=O)NC1CC1. The standard InChI is InChI=1S/C14H17NO4/c1-10(19-12-5-3-2-4-6-12)14(17)18-9-13(16)15-11-7-8-11/h2-6,10-11H,7-9H2,1H3,(H,15,16)/t10-/m0/s1. The Balaban J connectivity index is 1.71. The van der Waals surface area contributed by atoms with E-state index in [2.05, 4.69) is 5.32 Å². The molecule has 1 N–H and O–H groups in total. The fourth-order valence-electron chi connectivity index (χ4n) is 1.50. The Morgan fingerprint density at radius 1 is 1.32 bits per heavy atom. The van der Waals surface area contributed by atoms with E-state index in [0.717, 1.165) is 12.8 Å². The molecule has 0 saturated heterocycles. The minimum absolute atomic E-state index is 0.252. The zero-order chi connectivity index (χ0) is 13.7. The van der Waals surface area contributed by atoms with Crippen LogP contribution in [0.25, 0.3) is 0 Å². The van der Waals surface area contributed by atoms with Gasteiger partial charge in [-0.25, -0.2) is 4.79 Å². The molecule has 1 aromatic carbocycles. The van der Waals surface area contributed by atoms with Crippen molar-refractivity contribution in [3.63, 3.8) is 0 Å². The fraction of sp³-hybridized carbons (Fsp3) is 0.429. The van der Waals surface area contributed by atoms with Crippen LogP contribution < -0.4 is 10.1 Å². The number of ether oxygens (including phenoxy) is 2. The molecule has 1 fully saturated rings. The van der Waals surface area contributed by atoms with Gasteiger partial charge >= 0.3 is 5.97 Å². The van der Waals surface area contributed by atoms with Gasteiger partial charge in [0.2, 0.25) is 0 Å². The quantitative estimate of drug-likeness (QED) is 0.785. The van der Waals surface area contributed by atoms with Crippen LogP contribution in [-0.4, -0.2) is 30.6 Å². The number of hydrogen-bond acceptors (Lipinski definition) is 4. The summed E-state index contributed by atoms with van der Waals surface area (Å²) >= 11 is 0. The molecule has 102 valence electrons. The molecule has 0 aliphatic heterocycles. The van der Waals surface area contributed by atoms with E-state index in [1.165, 1.54) is 0 Å². The number of nitrogens with one attached hydrogen (secondary N) is 1. The highest BCUT2D eigenvalue weighted by atomic mass is 16.6. The molecule has 5 nitrogen and oxygen atoms in total. The van der Waals surface area contributed by atoms with Gasteiger partial charge in [0, 0.05) is 6.04 Å². The molecule has 1 saturated carbocycles. The van der Waals surface area contributed by atoms with E-state index >= 15 is 0 Å². The van der Waals surface area contributed by atoms with Crippen LogP contribution in [0.2, 0.25) is 0 Å². The van der Waals surface area contributed by atoms with Gasteiger partial charge in [-0.3, -0.25) is 4.79 Å². The smallest absolute Gasteiger partial charge is 0.347 e. The maximum atomic E-state index is 11.6. The van der Waals surface area contributed by atoms with Crippen molar-refractivity contribution in [2.24, 2.45) is 0 Å². The van der Waals surface area contributed by atoms with E-state index in [4.69, 9.17) is 9.47 Å². The molecular formula is C14H17NO4. The normalized spacial score (nSPS) is 15.4. The topological polar surface area (TPSA) is 64.6 Å². The lowest BCUT2D eigenvalue weighted by atomic mass is 10.3. The summed E-state index contributed by atoms with van der Waals surface area (Å²) in [6.07, 6.45) is 1.27. The average Bonchev–Trinajstić information content (AvgIpc) is 3.21. The third-order valence-electron chi connectivity index (χ3n) is 2.68. The van der Waals surface area contributed by atoms with E-state index in [1.54, 1.807) is 19.1 Å². The second kappa shape index (κ2) is 6.22. The number of esters is 1. The molecular weight excluding hydrogens is 246 g/mol. The van der Waals surface area contributed by atoms with E-state index in [9.17, 15) is 9.59 Å². The van der Waals surface area contributed by atoms with Crippen LogP contribution in [0.4, 0.5) is 0 Å². The Morgan fingerprint density at radius 2 is 2.00 bits per heavy atom. The van der Waals surface area contributed by atoms with Crippen LogP contribution in [-0.2, 0) is 14.3 Å². The van der Waals surface area contributed by atoms with Gasteiger partial charge in [0.25, 0.3) is 5.91 Å². The Bertz CT molecular complexity index is 442. The first-order chi connectivity index (χ1) is 9.15. The number of hydrogen-bond donors (Lipinski definition) is 1. The molecule has 1 aromatic rings. The van der Waals surface area contributed by atoms with Crippen LogP contribution in [0.15, 0.2) is 30.3 Å². The Hall–Kier alpha value is -2.04. The molecule has 19 heavy (non-hydrogen) atoms. The van der Waals surface area contributed by atoms with Crippen LogP contribution >= 0.6 is 0 Å². The molecule has 2 rings (SSSR count). The molecule has 0 bridgehead atoms. The minimum atomic E-state index is -0.740. The zero-order valence-corrected chi connectivity index (χ0v) is 10.8. The number of benzene rings is 1. The van der Waals surface area contributed by atoms with Crippen molar-refractivity contribution >= 4 is 11.9 Å². The summed E-state index contributed by atoms with van der Waals surface area (Å²) in [5.74, 6) is -0.216. The van der Waals surface area contributed by atoms with Gasteiger partial charge in [0.05, 0.1) is 0 Å². The number of carbonyl (C=O) groups is 2. The number of para-hydroxylation sites is 1. The maximum absolute atomic E-state index is 11.6. The minimum Gasteiger partial charge on any atom is -0.479 e. The first-order valence-electron chi connectivity index (χ1n) is 6.33. The van der Waals surface area contributed by atoms with Gasteiger partial charge in [-0.05, 0) is 31.9 Å². The van der Waals surface area contributed by atoms with Crippen molar-refractivity contribution in [2.45, 2.75) is 31.9 Å². The van der Waals surface area contributed by atoms with Crippen LogP contribution in [0.1, 0.15) is 19.8 Å². The van der Waals surface area contributed by atoms with Gasteiger partial charge in [0.1, 0.15) is 5.75 Å². The van der Waals surface area contributed by atoms with Gasteiger partial charge in [0.15, 0.2) is 12.7 Å². The van der Waals surface area contributed by atoms with Gasteiger partial charge in [-0.2, -0.15) is 0 Å². The van der Waals surface area contributed by atoms with Crippen molar-refractivity contribution in [1.82, 2.24) is 5.32 Å². The second-order valence-corrected chi connectivity index (χ2v) is 4.52. The van der Waals surface area contributed by atoms with Crippen LogP contribution in [0.3, 0.4) is 0 Å². The Labute approximate surface area is 111 Å². The van der Waals surface area contributed by atoms with Gasteiger partial charge < -0.3 is 14.8 Å². The lowest BCUT2D eigenvalue weighted by Gasteiger charge is -2.13. The molecule has 5 heteroatoms. The largest absolute Gasteiger partial charge is 0.479 e. The van der Waals surface area contributed by atoms with Crippen molar-refractivity contribution in [1.29, 1.82) is 0 Å². The first kappa shape index (κ1) is 13.4. The van der Waals surface area contributed by atoms with Crippen molar-refractivity contribution in [2.75, 3.05) is 6.61 Å². The fourth-order valence-corrected chi connectivity index (χ4v) is 1.50. The number of amides is 1. The highest BCUT2D eigenvalue weighted by Gasteiger charge is 2.24. The zero-order valence-electron chi connectivity index (χ0n) is 10.8. The molecule has 1 amide bonds. The molecule has 0 spiro atoms. The average molecular weight is 263 g/mol. The summed E-state index contributed by atoms with van der Waals surface area (Å²) in [7, 11) is 0. The van der Waals surface area contributed by atoms with E-state index < -0.39 is 12.1 Å². The highest BCUT2D eigenvalue weighted by Crippen LogP contribution is 2.18. The summed E-state index contributed by atoms with van der Waals surface area (Å²) in [5.41, 5.74) is 0. The lowest BCUT2D eigenvalue weighted by Crippen LogP contribution is -2.33. The Kier molecular flexibility index (Phi) is 4.39. The Morgan fingerprint density at radius 3 is 2.63 bits per heavy atom. The summed E-state index contributed by atoms with van der Waals surface area (Å²) in [6.45, 7) is 1.34. The molecule has 1 aliphatic rings. The van der Waals surface area contributed by atoms with Crippen LogP contribution in [0.5, 0.6) is 5.75 Å². The number of carbonyl (C=O) groups excluding carboxylic acids is 2. The predicted molar refractivity (Wildman–Crippen MR) is 68.7 cm³/mol. The van der Waals surface area contributed by atoms with Crippen molar-refractivity contribution in [3.8, 4) is 5.75 Å². The van der Waals surface area contributed by atoms with E-state index in [1.807, 2.05) is 18.2 Å². The molecule has 1 atom stereocenters. The maximum Gasteiger partial charge on any atom is 0.347 e. The second-order valence-electron chi connectivity index (χ2n) is 4.52. The van der Waals surface area contributed by atoms with Crippen molar-refractivity contribution < 1.29 is 19.1 Å². The number of rotatable bonds is 6. The summed E-state index contributed by atoms with van der Waals surface area (Å²) in [5, 5.41) is 2.74.